The monoisotopic (exact) mass is 480 g/mol. The highest BCUT2D eigenvalue weighted by Gasteiger charge is 2.30. The molecule has 1 unspecified atom stereocenters. The van der Waals surface area contributed by atoms with Crippen LogP contribution in [0.3, 0.4) is 0 Å². The van der Waals surface area contributed by atoms with E-state index in [1.165, 1.54) is 0 Å². The van der Waals surface area contributed by atoms with Crippen molar-refractivity contribution in [2.75, 3.05) is 13.2 Å². The Hall–Kier alpha value is -3.35. The van der Waals surface area contributed by atoms with Crippen molar-refractivity contribution in [1.29, 1.82) is 0 Å². The third kappa shape index (κ3) is 6.84. The van der Waals surface area contributed by atoms with Gasteiger partial charge in [-0.05, 0) is 46.9 Å². The zero-order valence-electron chi connectivity index (χ0n) is 20.9. The average molecular weight is 481 g/mol. The first-order valence-corrected chi connectivity index (χ1v) is 12.3. The number of hydrogen-bond donors (Lipinski definition) is 3. The van der Waals surface area contributed by atoms with Gasteiger partial charge < -0.3 is 20.5 Å². The maximum absolute atomic E-state index is 12.8. The molecule has 0 radical (unpaired) electrons. The lowest BCUT2D eigenvalue weighted by Crippen LogP contribution is -2.49. The first kappa shape index (κ1) is 26.3. The summed E-state index contributed by atoms with van der Waals surface area (Å²) in [7, 11) is 0. The van der Waals surface area contributed by atoms with Crippen molar-refractivity contribution in [3.8, 4) is 11.1 Å². The molecular weight excluding hydrogens is 444 g/mol. The Morgan fingerprint density at radius 3 is 1.94 bits per heavy atom. The fourth-order valence-corrected chi connectivity index (χ4v) is 4.67. The summed E-state index contributed by atoms with van der Waals surface area (Å²) in [6, 6.07) is 15.4. The van der Waals surface area contributed by atoms with Gasteiger partial charge in [-0.15, -0.1) is 0 Å². The standard InChI is InChI=1S/C28H36N2O5/c1-17(2)13-19(27(32)33)15-29-26(31)25(14-18(3)4)30-28(34)35-16-24-22-11-7-5-9-20(22)21-10-6-8-12-23(21)24/h5-12,17-19,24-25H,13-16H2,1-4H3,(H,29,31)(H,30,34)(H,32,33)/t19?,25-/m1/s1. The quantitative estimate of drug-likeness (QED) is 0.428. The second-order valence-corrected chi connectivity index (χ2v) is 10.1. The predicted molar refractivity (Wildman–Crippen MR) is 135 cm³/mol. The van der Waals surface area contributed by atoms with Crippen LogP contribution in [-0.4, -0.2) is 42.3 Å². The van der Waals surface area contributed by atoms with Crippen molar-refractivity contribution in [2.24, 2.45) is 17.8 Å². The maximum atomic E-state index is 12.8. The average Bonchev–Trinajstić information content (AvgIpc) is 3.13. The summed E-state index contributed by atoms with van der Waals surface area (Å²) in [5.41, 5.74) is 4.51. The number of amides is 2. The molecule has 0 aromatic heterocycles. The van der Waals surface area contributed by atoms with E-state index in [0.717, 1.165) is 22.3 Å². The molecule has 2 atom stereocenters. The summed E-state index contributed by atoms with van der Waals surface area (Å²) < 4.78 is 5.59. The van der Waals surface area contributed by atoms with Crippen LogP contribution >= 0.6 is 0 Å². The summed E-state index contributed by atoms with van der Waals surface area (Å²) in [6.07, 6.45) is 0.215. The SMILES string of the molecule is CC(C)CC(CNC(=O)[C@@H](CC(C)C)NC(=O)OCC1c2ccccc2-c2ccccc21)C(=O)O. The first-order valence-electron chi connectivity index (χ1n) is 12.3. The molecule has 2 amide bonds. The Labute approximate surface area is 207 Å². The Morgan fingerprint density at radius 2 is 1.43 bits per heavy atom. The lowest BCUT2D eigenvalue weighted by Gasteiger charge is -2.22. The van der Waals surface area contributed by atoms with Gasteiger partial charge in [-0.25, -0.2) is 4.79 Å². The second kappa shape index (κ2) is 11.9. The molecule has 2 aromatic carbocycles. The van der Waals surface area contributed by atoms with E-state index in [9.17, 15) is 19.5 Å². The number of fused-ring (bicyclic) bond motifs is 3. The zero-order chi connectivity index (χ0) is 25.5. The minimum Gasteiger partial charge on any atom is -0.481 e. The Balaban J connectivity index is 1.62. The Bertz CT molecular complexity index is 1000. The molecule has 0 fully saturated rings. The van der Waals surface area contributed by atoms with Crippen LogP contribution < -0.4 is 10.6 Å². The fraction of sp³-hybridized carbons (Fsp3) is 0.464. The third-order valence-corrected chi connectivity index (χ3v) is 6.29. The number of benzene rings is 2. The van der Waals surface area contributed by atoms with Crippen molar-refractivity contribution in [3.05, 3.63) is 59.7 Å². The smallest absolute Gasteiger partial charge is 0.407 e. The maximum Gasteiger partial charge on any atom is 0.407 e. The van der Waals surface area contributed by atoms with Gasteiger partial charge in [-0.1, -0.05) is 76.2 Å². The number of carbonyl (C=O) groups excluding carboxylic acids is 2. The van der Waals surface area contributed by atoms with Crippen molar-refractivity contribution in [1.82, 2.24) is 10.6 Å². The van der Waals surface area contributed by atoms with Crippen LogP contribution in [0.25, 0.3) is 11.1 Å². The fourth-order valence-electron chi connectivity index (χ4n) is 4.67. The van der Waals surface area contributed by atoms with Gasteiger partial charge in [0.15, 0.2) is 0 Å². The van der Waals surface area contributed by atoms with Gasteiger partial charge >= 0.3 is 12.1 Å². The zero-order valence-corrected chi connectivity index (χ0v) is 20.9. The lowest BCUT2D eigenvalue weighted by atomic mass is 9.97. The minimum atomic E-state index is -0.941. The summed E-state index contributed by atoms with van der Waals surface area (Å²) >= 11 is 0. The van der Waals surface area contributed by atoms with Gasteiger partial charge in [0.25, 0.3) is 0 Å². The highest BCUT2D eigenvalue weighted by Crippen LogP contribution is 2.44. The van der Waals surface area contributed by atoms with Crippen molar-refractivity contribution < 1.29 is 24.2 Å². The number of alkyl carbamates (subject to hydrolysis) is 1. The summed E-state index contributed by atoms with van der Waals surface area (Å²) in [5, 5.41) is 14.8. The normalized spacial score (nSPS) is 14.2. The van der Waals surface area contributed by atoms with Gasteiger partial charge in [-0.3, -0.25) is 9.59 Å². The molecule has 0 saturated carbocycles. The van der Waals surface area contributed by atoms with Crippen LogP contribution in [0, 0.1) is 17.8 Å². The van der Waals surface area contributed by atoms with E-state index >= 15 is 0 Å². The van der Waals surface area contributed by atoms with E-state index in [4.69, 9.17) is 4.74 Å². The molecular formula is C28H36N2O5. The van der Waals surface area contributed by atoms with Crippen molar-refractivity contribution >= 4 is 18.0 Å². The van der Waals surface area contributed by atoms with E-state index in [1.54, 1.807) is 0 Å². The number of carboxylic acids is 1. The van der Waals surface area contributed by atoms with E-state index < -0.39 is 29.9 Å². The molecule has 1 aliphatic rings. The summed E-state index contributed by atoms with van der Waals surface area (Å²) in [5.74, 6) is -1.75. The number of rotatable bonds is 11. The molecule has 7 heteroatoms. The largest absolute Gasteiger partial charge is 0.481 e. The van der Waals surface area contributed by atoms with Gasteiger partial charge in [0, 0.05) is 12.5 Å². The molecule has 0 bridgehead atoms. The number of carbonyl (C=O) groups is 3. The topological polar surface area (TPSA) is 105 Å². The molecule has 3 N–H and O–H groups in total. The van der Waals surface area contributed by atoms with Crippen LogP contribution in [0.1, 0.15) is 57.6 Å². The van der Waals surface area contributed by atoms with E-state index in [-0.39, 0.29) is 30.9 Å². The molecule has 0 saturated heterocycles. The van der Waals surface area contributed by atoms with E-state index in [0.29, 0.717) is 12.8 Å². The van der Waals surface area contributed by atoms with Crippen LogP contribution in [0.5, 0.6) is 0 Å². The Morgan fingerprint density at radius 1 is 0.886 bits per heavy atom. The number of carboxylic acid groups (broad SMARTS) is 1. The summed E-state index contributed by atoms with van der Waals surface area (Å²) in [4.78, 5) is 37.1. The van der Waals surface area contributed by atoms with Gasteiger partial charge in [-0.2, -0.15) is 0 Å². The Kier molecular flexibility index (Phi) is 8.90. The molecule has 35 heavy (non-hydrogen) atoms. The molecule has 1 aliphatic carbocycles. The van der Waals surface area contributed by atoms with Crippen LogP contribution in [0.2, 0.25) is 0 Å². The predicted octanol–water partition coefficient (Wildman–Crippen LogP) is 4.80. The molecule has 188 valence electrons. The van der Waals surface area contributed by atoms with E-state index in [1.807, 2.05) is 64.1 Å². The molecule has 7 nitrogen and oxygen atoms in total. The molecule has 3 rings (SSSR count). The number of nitrogens with one attached hydrogen (secondary N) is 2. The van der Waals surface area contributed by atoms with Crippen molar-refractivity contribution in [3.63, 3.8) is 0 Å². The molecule has 0 spiro atoms. The highest BCUT2D eigenvalue weighted by atomic mass is 16.5. The number of aliphatic carboxylic acids is 1. The lowest BCUT2D eigenvalue weighted by molar-refractivity contribution is -0.142. The van der Waals surface area contributed by atoms with Gasteiger partial charge in [0.1, 0.15) is 12.6 Å². The highest BCUT2D eigenvalue weighted by molar-refractivity contribution is 5.86. The third-order valence-electron chi connectivity index (χ3n) is 6.29. The van der Waals surface area contributed by atoms with E-state index in [2.05, 4.69) is 22.8 Å². The molecule has 2 aromatic rings. The minimum absolute atomic E-state index is 0.0211. The number of ether oxygens (including phenoxy) is 1. The van der Waals surface area contributed by atoms with Crippen molar-refractivity contribution in [2.45, 2.75) is 52.5 Å². The molecule has 0 heterocycles. The first-order chi connectivity index (χ1) is 16.7. The summed E-state index contributed by atoms with van der Waals surface area (Å²) in [6.45, 7) is 7.98. The van der Waals surface area contributed by atoms with Gasteiger partial charge in [0.2, 0.25) is 5.91 Å². The molecule has 0 aliphatic heterocycles. The van der Waals surface area contributed by atoms with Gasteiger partial charge in [0.05, 0.1) is 5.92 Å². The van der Waals surface area contributed by atoms with Crippen LogP contribution in [0.4, 0.5) is 4.79 Å². The second-order valence-electron chi connectivity index (χ2n) is 10.1. The van der Waals surface area contributed by atoms with Crippen LogP contribution in [-0.2, 0) is 14.3 Å². The van der Waals surface area contributed by atoms with Crippen LogP contribution in [0.15, 0.2) is 48.5 Å². The number of hydrogen-bond acceptors (Lipinski definition) is 4.